The summed E-state index contributed by atoms with van der Waals surface area (Å²) in [5.74, 6) is -0.236. The number of aromatic nitrogens is 1. The minimum absolute atomic E-state index is 0.0189. The highest BCUT2D eigenvalue weighted by atomic mass is 79.9. The molecule has 0 radical (unpaired) electrons. The molecule has 30 heavy (non-hydrogen) atoms. The second-order valence-electron chi connectivity index (χ2n) is 7.35. The van der Waals surface area contributed by atoms with Gasteiger partial charge in [0, 0.05) is 17.3 Å². The molecule has 1 amide bonds. The van der Waals surface area contributed by atoms with E-state index in [1.165, 1.54) is 12.1 Å². The Hall–Kier alpha value is -2.99. The maximum atomic E-state index is 13.9. The van der Waals surface area contributed by atoms with Crippen molar-refractivity contribution in [3.05, 3.63) is 94.5 Å². The van der Waals surface area contributed by atoms with Crippen molar-refractivity contribution in [2.75, 3.05) is 4.90 Å². The largest absolute Gasteiger partial charge is 0.438 e. The SMILES string of the molecule is CC(C)C(c1nc2c(Br)cc(F)cc2o1)N(C(=O)c1ccccc1)c1ccccc1. The molecule has 152 valence electrons. The lowest BCUT2D eigenvalue weighted by Gasteiger charge is -2.32. The predicted molar refractivity (Wildman–Crippen MR) is 119 cm³/mol. The van der Waals surface area contributed by atoms with Gasteiger partial charge in [-0.2, -0.15) is 0 Å². The normalized spacial score (nSPS) is 12.3. The molecule has 4 rings (SSSR count). The molecule has 4 aromatic rings. The molecule has 1 atom stereocenters. The molecular formula is C24H20BrFN2O2. The van der Waals surface area contributed by atoms with Gasteiger partial charge in [0.05, 0.1) is 4.47 Å². The first-order valence-electron chi connectivity index (χ1n) is 9.65. The molecule has 0 fully saturated rings. The first-order valence-corrected chi connectivity index (χ1v) is 10.4. The molecule has 3 aromatic carbocycles. The highest BCUT2D eigenvalue weighted by molar-refractivity contribution is 9.10. The van der Waals surface area contributed by atoms with Crippen molar-refractivity contribution in [1.82, 2.24) is 4.98 Å². The van der Waals surface area contributed by atoms with E-state index >= 15 is 0 Å². The zero-order chi connectivity index (χ0) is 21.3. The lowest BCUT2D eigenvalue weighted by molar-refractivity contribution is 0.0964. The van der Waals surface area contributed by atoms with Gasteiger partial charge in [-0.1, -0.05) is 50.2 Å². The number of nitrogens with zero attached hydrogens (tertiary/aromatic N) is 2. The van der Waals surface area contributed by atoms with Crippen LogP contribution in [0.15, 0.2) is 81.7 Å². The summed E-state index contributed by atoms with van der Waals surface area (Å²) in [5, 5.41) is 0. The Labute approximate surface area is 182 Å². The molecule has 6 heteroatoms. The van der Waals surface area contributed by atoms with Crippen molar-refractivity contribution < 1.29 is 13.6 Å². The van der Waals surface area contributed by atoms with Crippen LogP contribution in [0, 0.1) is 11.7 Å². The number of rotatable bonds is 5. The van der Waals surface area contributed by atoms with Gasteiger partial charge in [0.2, 0.25) is 5.89 Å². The van der Waals surface area contributed by atoms with Gasteiger partial charge in [0.1, 0.15) is 17.4 Å². The highest BCUT2D eigenvalue weighted by Crippen LogP contribution is 2.37. The Kier molecular flexibility index (Phi) is 5.68. The molecule has 1 aromatic heterocycles. The molecule has 0 bridgehead atoms. The number of amides is 1. The van der Waals surface area contributed by atoms with Crippen molar-refractivity contribution in [2.24, 2.45) is 5.92 Å². The average molecular weight is 467 g/mol. The van der Waals surface area contributed by atoms with Gasteiger partial charge in [-0.15, -0.1) is 0 Å². The van der Waals surface area contributed by atoms with E-state index in [0.717, 1.165) is 5.69 Å². The molecule has 0 saturated heterocycles. The second kappa shape index (κ2) is 8.40. The zero-order valence-electron chi connectivity index (χ0n) is 16.5. The van der Waals surface area contributed by atoms with Crippen LogP contribution >= 0.6 is 15.9 Å². The number of hydrogen-bond acceptors (Lipinski definition) is 3. The lowest BCUT2D eigenvalue weighted by Crippen LogP contribution is -2.37. The number of carbonyl (C=O) groups is 1. The van der Waals surface area contributed by atoms with Crippen molar-refractivity contribution >= 4 is 38.6 Å². The first kappa shape index (κ1) is 20.3. The number of oxazole rings is 1. The summed E-state index contributed by atoms with van der Waals surface area (Å²) in [6.07, 6.45) is 0. The predicted octanol–water partition coefficient (Wildman–Crippen LogP) is 6.77. The average Bonchev–Trinajstić information content (AvgIpc) is 3.16. The molecule has 1 heterocycles. The van der Waals surface area contributed by atoms with Gasteiger partial charge in [-0.05, 0) is 52.2 Å². The van der Waals surface area contributed by atoms with Crippen LogP contribution in [-0.2, 0) is 0 Å². The number of benzene rings is 3. The van der Waals surface area contributed by atoms with Crippen molar-refractivity contribution in [3.8, 4) is 0 Å². The lowest BCUT2D eigenvalue weighted by atomic mass is 10.00. The van der Waals surface area contributed by atoms with E-state index < -0.39 is 11.9 Å². The van der Waals surface area contributed by atoms with E-state index in [-0.39, 0.29) is 11.8 Å². The molecule has 0 spiro atoms. The summed E-state index contributed by atoms with van der Waals surface area (Å²) in [7, 11) is 0. The standard InChI is InChI=1S/C24H20BrFN2O2/c1-15(2)22(23-27-21-19(25)13-17(26)14-20(21)30-23)28(18-11-7-4-8-12-18)24(29)16-9-5-3-6-10-16/h3-15,22H,1-2H3. The van der Waals surface area contributed by atoms with Crippen molar-refractivity contribution in [2.45, 2.75) is 19.9 Å². The van der Waals surface area contributed by atoms with Gasteiger partial charge in [-0.25, -0.2) is 9.37 Å². The third-order valence-corrected chi connectivity index (χ3v) is 5.47. The van der Waals surface area contributed by atoms with Gasteiger partial charge in [-0.3, -0.25) is 9.69 Å². The van der Waals surface area contributed by atoms with Crippen molar-refractivity contribution in [3.63, 3.8) is 0 Å². The highest BCUT2D eigenvalue weighted by Gasteiger charge is 2.34. The van der Waals surface area contributed by atoms with Crippen LogP contribution in [0.2, 0.25) is 0 Å². The second-order valence-corrected chi connectivity index (χ2v) is 8.21. The van der Waals surface area contributed by atoms with Crippen LogP contribution < -0.4 is 4.90 Å². The summed E-state index contributed by atoms with van der Waals surface area (Å²) in [6.45, 7) is 4.01. The van der Waals surface area contributed by atoms with Crippen LogP contribution in [0.1, 0.15) is 36.1 Å². The van der Waals surface area contributed by atoms with E-state index in [9.17, 15) is 9.18 Å². The Morgan fingerprint density at radius 2 is 1.67 bits per heavy atom. The molecule has 0 saturated carbocycles. The molecule has 0 N–H and O–H groups in total. The van der Waals surface area contributed by atoms with Gasteiger partial charge in [0.25, 0.3) is 5.91 Å². The fraction of sp³-hybridized carbons (Fsp3) is 0.167. The Morgan fingerprint density at radius 3 is 2.30 bits per heavy atom. The quantitative estimate of drug-likeness (QED) is 0.325. The number of halogens is 2. The van der Waals surface area contributed by atoms with E-state index in [2.05, 4.69) is 20.9 Å². The van der Waals surface area contributed by atoms with Crippen LogP contribution in [0.25, 0.3) is 11.1 Å². The number of fused-ring (bicyclic) bond motifs is 1. The number of anilines is 1. The van der Waals surface area contributed by atoms with Crippen LogP contribution in [-0.4, -0.2) is 10.9 Å². The van der Waals surface area contributed by atoms with Crippen LogP contribution in [0.3, 0.4) is 0 Å². The Bertz CT molecular complexity index is 1180. The maximum absolute atomic E-state index is 13.9. The fourth-order valence-corrected chi connectivity index (χ4v) is 4.01. The third-order valence-electron chi connectivity index (χ3n) is 4.87. The minimum Gasteiger partial charge on any atom is -0.438 e. The van der Waals surface area contributed by atoms with Crippen molar-refractivity contribution in [1.29, 1.82) is 0 Å². The molecule has 1 unspecified atom stereocenters. The summed E-state index contributed by atoms with van der Waals surface area (Å²) in [6, 6.07) is 20.7. The summed E-state index contributed by atoms with van der Waals surface area (Å²) in [5.41, 5.74) is 2.16. The summed E-state index contributed by atoms with van der Waals surface area (Å²) >= 11 is 3.35. The van der Waals surface area contributed by atoms with E-state index in [0.29, 0.717) is 27.0 Å². The van der Waals surface area contributed by atoms with E-state index in [1.54, 1.807) is 17.0 Å². The summed E-state index contributed by atoms with van der Waals surface area (Å²) in [4.78, 5) is 19.9. The van der Waals surface area contributed by atoms with Crippen LogP contribution in [0.4, 0.5) is 10.1 Å². The minimum atomic E-state index is -0.484. The smallest absolute Gasteiger partial charge is 0.259 e. The van der Waals surface area contributed by atoms with Gasteiger partial charge >= 0.3 is 0 Å². The maximum Gasteiger partial charge on any atom is 0.259 e. The fourth-order valence-electron chi connectivity index (χ4n) is 3.51. The topological polar surface area (TPSA) is 46.3 Å². The third kappa shape index (κ3) is 3.87. The molecule has 0 aliphatic carbocycles. The Balaban J connectivity index is 1.88. The van der Waals surface area contributed by atoms with Gasteiger partial charge < -0.3 is 4.42 Å². The molecule has 0 aliphatic rings. The van der Waals surface area contributed by atoms with E-state index in [4.69, 9.17) is 4.42 Å². The number of carbonyl (C=O) groups excluding carboxylic acids is 1. The van der Waals surface area contributed by atoms with Gasteiger partial charge in [0.15, 0.2) is 5.58 Å². The molecule has 0 aliphatic heterocycles. The van der Waals surface area contributed by atoms with Crippen LogP contribution in [0.5, 0.6) is 0 Å². The number of hydrogen-bond donors (Lipinski definition) is 0. The Morgan fingerprint density at radius 1 is 1.03 bits per heavy atom. The first-order chi connectivity index (χ1) is 14.5. The zero-order valence-corrected chi connectivity index (χ0v) is 18.1. The monoisotopic (exact) mass is 466 g/mol. The molecule has 4 nitrogen and oxygen atoms in total. The molecular weight excluding hydrogens is 447 g/mol. The van der Waals surface area contributed by atoms with E-state index in [1.807, 2.05) is 62.4 Å². The summed E-state index contributed by atoms with van der Waals surface area (Å²) < 4.78 is 20.3. The number of para-hydroxylation sites is 1.